The lowest BCUT2D eigenvalue weighted by atomic mass is 9.58. The highest BCUT2D eigenvalue weighted by Crippen LogP contribution is 2.51. The van der Waals surface area contributed by atoms with Crippen LogP contribution in [0.2, 0.25) is 0 Å². The van der Waals surface area contributed by atoms with Crippen LogP contribution in [0.1, 0.15) is 62.0 Å². The Hall–Kier alpha value is -3.20. The Kier molecular flexibility index (Phi) is 6.09. The number of imidazole rings is 1. The molecule has 1 N–H and O–H groups in total. The number of H-pyrrole nitrogens is 1. The van der Waals surface area contributed by atoms with E-state index in [2.05, 4.69) is 45.0 Å². The molecule has 2 aromatic carbocycles. The van der Waals surface area contributed by atoms with Gasteiger partial charge in [-0.15, -0.1) is 10.2 Å². The lowest BCUT2D eigenvalue weighted by Crippen LogP contribution is -2.43. The van der Waals surface area contributed by atoms with Crippen LogP contribution >= 0.6 is 0 Å². The summed E-state index contributed by atoms with van der Waals surface area (Å²) < 4.78 is 44.5. The summed E-state index contributed by atoms with van der Waals surface area (Å²) in [5.74, 6) is 2.46. The van der Waals surface area contributed by atoms with Crippen LogP contribution in [0, 0.1) is 11.8 Å². The Morgan fingerprint density at radius 2 is 1.92 bits per heavy atom. The molecule has 2 aliphatic rings. The first-order chi connectivity index (χ1) is 18.1. The average Bonchev–Trinajstić information content (AvgIpc) is 3.47. The second kappa shape index (κ2) is 9.22. The minimum absolute atomic E-state index is 0.0361. The molecule has 38 heavy (non-hydrogen) atoms. The lowest BCUT2D eigenvalue weighted by Gasteiger charge is -2.46. The van der Waals surface area contributed by atoms with Gasteiger partial charge in [0.05, 0.1) is 22.0 Å². The molecule has 3 heterocycles. The van der Waals surface area contributed by atoms with Crippen LogP contribution in [0.3, 0.4) is 0 Å². The van der Waals surface area contributed by atoms with Gasteiger partial charge in [0.1, 0.15) is 18.0 Å². The van der Waals surface area contributed by atoms with E-state index in [9.17, 15) is 13.2 Å². The number of aromatic amines is 1. The minimum atomic E-state index is -4.48. The summed E-state index contributed by atoms with van der Waals surface area (Å²) in [6.07, 6.45) is 1.37. The van der Waals surface area contributed by atoms with Gasteiger partial charge >= 0.3 is 6.18 Å². The standard InChI is InChI=1S/C29H33F3N6/c1-18-6-5-9-38(15-18)16-20-10-23(29(30,31)32)25-24(11-20)34-26(35-25)21-7-4-8-22(12-21)28(13-19(2)14-28)27-36-33-17-37(27)3/h4,7-8,10-12,17-19H,5-6,9,13-16H2,1-3H3,(H,34,35)/t18-,19?,28?/m0/s1. The molecule has 0 amide bonds. The Morgan fingerprint density at radius 3 is 2.61 bits per heavy atom. The maximum absolute atomic E-state index is 14.2. The van der Waals surface area contributed by atoms with Crippen LogP contribution < -0.4 is 0 Å². The van der Waals surface area contributed by atoms with E-state index in [1.54, 1.807) is 6.33 Å². The zero-order chi connectivity index (χ0) is 26.7. The summed E-state index contributed by atoms with van der Waals surface area (Å²) in [5, 5.41) is 8.52. The molecule has 1 saturated heterocycles. The van der Waals surface area contributed by atoms with Gasteiger partial charge < -0.3 is 9.55 Å². The molecule has 4 aromatic rings. The van der Waals surface area contributed by atoms with Crippen molar-refractivity contribution in [3.8, 4) is 11.4 Å². The van der Waals surface area contributed by atoms with Gasteiger partial charge in [-0.25, -0.2) is 4.98 Å². The fourth-order valence-corrected chi connectivity index (χ4v) is 6.67. The van der Waals surface area contributed by atoms with Crippen molar-refractivity contribution in [1.29, 1.82) is 0 Å². The number of aryl methyl sites for hydroxylation is 1. The van der Waals surface area contributed by atoms with Gasteiger partial charge in [0.15, 0.2) is 0 Å². The summed E-state index contributed by atoms with van der Waals surface area (Å²) in [7, 11) is 1.95. The number of hydrogen-bond donors (Lipinski definition) is 1. The molecule has 2 aromatic heterocycles. The van der Waals surface area contributed by atoms with Gasteiger partial charge in [-0.3, -0.25) is 4.90 Å². The number of nitrogens with one attached hydrogen (secondary N) is 1. The van der Waals surface area contributed by atoms with Crippen molar-refractivity contribution in [2.45, 2.75) is 57.7 Å². The smallest absolute Gasteiger partial charge is 0.337 e. The van der Waals surface area contributed by atoms with Crippen LogP contribution in [-0.4, -0.2) is 42.7 Å². The third-order valence-corrected chi connectivity index (χ3v) is 8.33. The predicted octanol–water partition coefficient (Wildman–Crippen LogP) is 6.33. The van der Waals surface area contributed by atoms with E-state index < -0.39 is 11.7 Å². The average molecular weight is 523 g/mol. The number of likely N-dealkylation sites (tertiary alicyclic amines) is 1. The lowest BCUT2D eigenvalue weighted by molar-refractivity contribution is -0.136. The fourth-order valence-electron chi connectivity index (χ4n) is 6.67. The summed E-state index contributed by atoms with van der Waals surface area (Å²) >= 11 is 0. The first-order valence-corrected chi connectivity index (χ1v) is 13.4. The molecule has 1 aliphatic carbocycles. The first-order valence-electron chi connectivity index (χ1n) is 13.4. The quantitative estimate of drug-likeness (QED) is 0.333. The third kappa shape index (κ3) is 4.40. The highest BCUT2D eigenvalue weighted by atomic mass is 19.4. The number of rotatable bonds is 5. The maximum atomic E-state index is 14.2. The summed E-state index contributed by atoms with van der Waals surface area (Å²) in [6.45, 7) is 6.74. The summed E-state index contributed by atoms with van der Waals surface area (Å²) in [4.78, 5) is 9.95. The fraction of sp³-hybridized carbons (Fsp3) is 0.483. The Balaban J connectivity index is 1.39. The molecule has 0 spiro atoms. The third-order valence-electron chi connectivity index (χ3n) is 8.33. The van der Waals surface area contributed by atoms with Crippen molar-refractivity contribution >= 4 is 11.0 Å². The zero-order valence-electron chi connectivity index (χ0n) is 22.0. The number of hydrogen-bond acceptors (Lipinski definition) is 4. The Bertz CT molecular complexity index is 1460. The molecule has 9 heteroatoms. The molecule has 200 valence electrons. The van der Waals surface area contributed by atoms with Gasteiger partial charge in [-0.2, -0.15) is 13.2 Å². The summed E-state index contributed by atoms with van der Waals surface area (Å²) in [6, 6.07) is 11.1. The van der Waals surface area contributed by atoms with Gasteiger partial charge in [0.25, 0.3) is 0 Å². The number of fused-ring (bicyclic) bond motifs is 1. The highest BCUT2D eigenvalue weighted by molar-refractivity contribution is 5.84. The molecule has 0 radical (unpaired) electrons. The van der Waals surface area contributed by atoms with E-state index in [1.165, 1.54) is 12.5 Å². The Labute approximate surface area is 220 Å². The largest absolute Gasteiger partial charge is 0.418 e. The number of piperidine rings is 1. The second-order valence-corrected chi connectivity index (χ2v) is 11.5. The molecule has 6 nitrogen and oxygen atoms in total. The number of alkyl halides is 3. The Morgan fingerprint density at radius 1 is 1.11 bits per heavy atom. The van der Waals surface area contributed by atoms with Crippen LogP contribution in [0.15, 0.2) is 42.7 Å². The number of benzene rings is 2. The van der Waals surface area contributed by atoms with E-state index in [1.807, 2.05) is 35.9 Å². The molecular formula is C29H33F3N6. The summed E-state index contributed by atoms with van der Waals surface area (Å²) in [5.41, 5.74) is 1.96. The molecular weight excluding hydrogens is 489 g/mol. The van der Waals surface area contributed by atoms with Gasteiger partial charge in [-0.05, 0) is 73.4 Å². The van der Waals surface area contributed by atoms with Gasteiger partial charge in [0.2, 0.25) is 0 Å². The molecule has 0 unspecified atom stereocenters. The van der Waals surface area contributed by atoms with Crippen LogP contribution in [0.4, 0.5) is 13.2 Å². The predicted molar refractivity (Wildman–Crippen MR) is 140 cm³/mol. The number of nitrogens with zero attached hydrogens (tertiary/aromatic N) is 5. The van der Waals surface area contributed by atoms with E-state index >= 15 is 0 Å². The molecule has 6 rings (SSSR count). The van der Waals surface area contributed by atoms with E-state index in [0.29, 0.717) is 35.3 Å². The molecule has 2 fully saturated rings. The highest BCUT2D eigenvalue weighted by Gasteiger charge is 2.48. The molecule has 0 bridgehead atoms. The minimum Gasteiger partial charge on any atom is -0.337 e. The zero-order valence-corrected chi connectivity index (χ0v) is 22.0. The van der Waals surface area contributed by atoms with Crippen molar-refractivity contribution in [1.82, 2.24) is 29.6 Å². The van der Waals surface area contributed by atoms with E-state index in [-0.39, 0.29) is 10.9 Å². The molecule has 1 aliphatic heterocycles. The van der Waals surface area contributed by atoms with Crippen LogP contribution in [-0.2, 0) is 25.2 Å². The topological polar surface area (TPSA) is 62.6 Å². The SMILES string of the molecule is CC1CC(c2cccc(-c3nc4cc(CN5CCC[C@H](C)C5)cc(C(F)(F)F)c4[nH]3)c2)(c2nncn2C)C1. The monoisotopic (exact) mass is 522 g/mol. The van der Waals surface area contributed by atoms with Crippen LogP contribution in [0.25, 0.3) is 22.4 Å². The normalized spacial score (nSPS) is 24.6. The van der Waals surface area contributed by atoms with E-state index in [0.717, 1.165) is 49.3 Å². The number of aromatic nitrogens is 5. The van der Waals surface area contributed by atoms with Crippen molar-refractivity contribution < 1.29 is 13.2 Å². The van der Waals surface area contributed by atoms with Crippen molar-refractivity contribution in [3.05, 3.63) is 65.2 Å². The molecule has 1 atom stereocenters. The van der Waals surface area contributed by atoms with Crippen molar-refractivity contribution in [2.75, 3.05) is 13.1 Å². The van der Waals surface area contributed by atoms with Crippen LogP contribution in [0.5, 0.6) is 0 Å². The second-order valence-electron chi connectivity index (χ2n) is 11.5. The first kappa shape index (κ1) is 25.1. The van der Waals surface area contributed by atoms with Crippen molar-refractivity contribution in [2.24, 2.45) is 18.9 Å². The van der Waals surface area contributed by atoms with E-state index in [4.69, 9.17) is 0 Å². The van der Waals surface area contributed by atoms with Crippen molar-refractivity contribution in [3.63, 3.8) is 0 Å². The van der Waals surface area contributed by atoms with Gasteiger partial charge in [0, 0.05) is 25.7 Å². The molecule has 1 saturated carbocycles. The van der Waals surface area contributed by atoms with Gasteiger partial charge in [-0.1, -0.05) is 32.0 Å². The number of halogens is 3. The maximum Gasteiger partial charge on any atom is 0.418 e.